The van der Waals surface area contributed by atoms with Crippen molar-refractivity contribution in [1.29, 1.82) is 0 Å². The van der Waals surface area contributed by atoms with Crippen LogP contribution in [-0.4, -0.2) is 24.4 Å². The summed E-state index contributed by atoms with van der Waals surface area (Å²) in [5.41, 5.74) is 24.4. The Morgan fingerprint density at radius 1 is 0.300 bits per heavy atom. The average molecular weight is 1040 g/mol. The number of fused-ring (bicyclic) bond motifs is 4. The Labute approximate surface area is 474 Å². The molecule has 0 spiro atoms. The Hall–Kier alpha value is -7.36. The fourth-order valence-corrected chi connectivity index (χ4v) is 13.9. The Morgan fingerprint density at radius 2 is 0.662 bits per heavy atom. The molecule has 0 amide bonds. The minimum atomic E-state index is 0.554. The molecule has 2 saturated carbocycles. The van der Waals surface area contributed by atoms with Crippen molar-refractivity contribution in [1.82, 2.24) is 0 Å². The number of hydrogen-bond acceptors (Lipinski definition) is 2. The van der Waals surface area contributed by atoms with E-state index in [1.165, 1.54) is 173 Å². The van der Waals surface area contributed by atoms with Crippen LogP contribution in [0, 0.1) is 25.7 Å². The Kier molecular flexibility index (Phi) is 14.2. The van der Waals surface area contributed by atoms with Crippen molar-refractivity contribution in [2.45, 2.75) is 128 Å². The van der Waals surface area contributed by atoms with Crippen LogP contribution in [0.25, 0.3) is 32.7 Å². The monoisotopic (exact) mass is 1040 g/mol. The van der Waals surface area contributed by atoms with E-state index in [4.69, 9.17) is 9.47 Å². The molecule has 0 bridgehead atoms. The minimum Gasteiger partial charge on any atom is -0.370 e. The van der Waals surface area contributed by atoms with Crippen LogP contribution in [0.5, 0.6) is 0 Å². The molecule has 6 unspecified atom stereocenters. The van der Waals surface area contributed by atoms with Crippen LogP contribution in [-0.2, 0) is 60.8 Å². The molecule has 0 aromatic heterocycles. The molecule has 2 saturated heterocycles. The van der Waals surface area contributed by atoms with E-state index in [-0.39, 0.29) is 0 Å². The van der Waals surface area contributed by atoms with Gasteiger partial charge in [-0.1, -0.05) is 217 Å². The summed E-state index contributed by atoms with van der Waals surface area (Å²) < 4.78 is 11.6. The fraction of sp³-hybridized carbons (Fsp3) is 0.282. The summed E-state index contributed by atoms with van der Waals surface area (Å²) in [7, 11) is 0. The van der Waals surface area contributed by atoms with Gasteiger partial charge >= 0.3 is 0 Å². The standard InChI is InChI=1S/C78H74O2/c1-51-4-34-72-68(37-51)31-32-69(46-64-27-25-60(26-28-64)42-56-11-9-54(10-12-56)40-58-15-21-62(22-16-58)44-66-30-36-75-77(50-66)80-75)78(72)73-48-67(47-70-38-52(2)3-33-71(70)73)45-63-23-17-59(18-24-63)41-55-7-5-53(6-8-55)39-57-13-19-61(20-14-57)43-65-29-35-74-76(49-65)79-74/h3-28,31-34,37-38,47-48,65-66,74-77H,29-30,35-36,39-46,49-50H2,1-2H3. The van der Waals surface area contributed by atoms with Crippen molar-refractivity contribution < 1.29 is 9.47 Å². The lowest BCUT2D eigenvalue weighted by molar-refractivity contribution is 0.360. The highest BCUT2D eigenvalue weighted by atomic mass is 16.6. The highest BCUT2D eigenvalue weighted by Crippen LogP contribution is 2.43. The lowest BCUT2D eigenvalue weighted by Gasteiger charge is -2.19. The van der Waals surface area contributed by atoms with E-state index >= 15 is 0 Å². The molecule has 2 nitrogen and oxygen atoms in total. The Morgan fingerprint density at radius 3 is 1.07 bits per heavy atom. The zero-order valence-electron chi connectivity index (χ0n) is 46.8. The third kappa shape index (κ3) is 11.9. The van der Waals surface area contributed by atoms with Crippen LogP contribution in [0.1, 0.15) is 128 Å². The fourth-order valence-electron chi connectivity index (χ4n) is 13.9. The van der Waals surface area contributed by atoms with Crippen molar-refractivity contribution in [3.05, 3.63) is 295 Å². The van der Waals surface area contributed by atoms with Crippen LogP contribution in [0.2, 0.25) is 0 Å². The molecule has 80 heavy (non-hydrogen) atoms. The zero-order chi connectivity index (χ0) is 53.5. The number of hydrogen-bond donors (Lipinski definition) is 0. The second kappa shape index (κ2) is 22.3. The van der Waals surface area contributed by atoms with Gasteiger partial charge < -0.3 is 9.47 Å². The van der Waals surface area contributed by atoms with Gasteiger partial charge in [0.05, 0.1) is 24.4 Å². The van der Waals surface area contributed by atoms with Gasteiger partial charge in [0.1, 0.15) is 0 Å². The smallest absolute Gasteiger partial charge is 0.0844 e. The molecule has 0 radical (unpaired) electrons. The topological polar surface area (TPSA) is 25.1 Å². The van der Waals surface area contributed by atoms with Gasteiger partial charge in [-0.25, -0.2) is 0 Å². The van der Waals surface area contributed by atoms with E-state index in [0.29, 0.717) is 24.4 Å². The molecule has 2 heteroatoms. The average Bonchev–Trinajstić information content (AvgIpc) is 4.50. The van der Waals surface area contributed by atoms with Gasteiger partial charge in [-0.05, 0) is 226 Å². The van der Waals surface area contributed by atoms with Crippen LogP contribution in [0.3, 0.4) is 0 Å². The molecule has 4 aliphatic rings. The number of rotatable bonds is 17. The van der Waals surface area contributed by atoms with Gasteiger partial charge in [-0.2, -0.15) is 0 Å². The predicted molar refractivity (Wildman–Crippen MR) is 331 cm³/mol. The molecule has 2 aliphatic carbocycles. The summed E-state index contributed by atoms with van der Waals surface area (Å²) in [6, 6.07) is 79.8. The van der Waals surface area contributed by atoms with Crippen molar-refractivity contribution >= 4 is 21.5 Å². The molecule has 4 fully saturated rings. The summed E-state index contributed by atoms with van der Waals surface area (Å²) in [4.78, 5) is 0. The van der Waals surface area contributed by atoms with E-state index in [0.717, 1.165) is 50.4 Å². The molecule has 398 valence electrons. The van der Waals surface area contributed by atoms with Gasteiger partial charge in [-0.3, -0.25) is 0 Å². The van der Waals surface area contributed by atoms with Gasteiger partial charge in [0.15, 0.2) is 0 Å². The highest BCUT2D eigenvalue weighted by Gasteiger charge is 2.44. The first kappa shape index (κ1) is 50.8. The SMILES string of the molecule is Cc1ccc2c(-c3c(Cc4ccc(Cc5ccc(Cc6ccc(CC7CCC8OC8C7)cc6)cc5)cc4)ccc4cc(C)ccc34)cc(Cc3ccc(Cc4ccc(Cc5ccc(CC6CCC7OC7C6)cc5)cc4)cc3)cc2c1. The van der Waals surface area contributed by atoms with Gasteiger partial charge in [0, 0.05) is 0 Å². The van der Waals surface area contributed by atoms with Gasteiger partial charge in [-0.15, -0.1) is 0 Å². The molecule has 10 aromatic rings. The molecular weight excluding hydrogens is 969 g/mol. The summed E-state index contributed by atoms with van der Waals surface area (Å²) in [6.07, 6.45) is 17.8. The summed E-state index contributed by atoms with van der Waals surface area (Å²) in [5.74, 6) is 1.55. The van der Waals surface area contributed by atoms with Crippen LogP contribution < -0.4 is 0 Å². The van der Waals surface area contributed by atoms with Gasteiger partial charge in [0.2, 0.25) is 0 Å². The van der Waals surface area contributed by atoms with E-state index < -0.39 is 0 Å². The maximum Gasteiger partial charge on any atom is 0.0844 e. The molecule has 14 rings (SSSR count). The molecule has 2 aliphatic heterocycles. The van der Waals surface area contributed by atoms with Crippen molar-refractivity contribution in [2.75, 3.05) is 0 Å². The summed E-state index contributed by atoms with van der Waals surface area (Å²) >= 11 is 0. The Bertz CT molecular complexity index is 3790. The minimum absolute atomic E-state index is 0.554. The Balaban J connectivity index is 0.641. The van der Waals surface area contributed by atoms with E-state index in [2.05, 4.69) is 220 Å². The maximum atomic E-state index is 5.78. The third-order valence-corrected chi connectivity index (χ3v) is 18.5. The van der Waals surface area contributed by atoms with Crippen LogP contribution in [0.15, 0.2) is 206 Å². The largest absolute Gasteiger partial charge is 0.370 e. The normalized spacial score (nSPS) is 20.1. The number of benzene rings is 10. The second-order valence-electron chi connectivity index (χ2n) is 24.8. The second-order valence-corrected chi connectivity index (χ2v) is 24.8. The van der Waals surface area contributed by atoms with E-state index in [1.807, 2.05) is 0 Å². The third-order valence-electron chi connectivity index (χ3n) is 18.5. The zero-order valence-corrected chi connectivity index (χ0v) is 46.8. The van der Waals surface area contributed by atoms with E-state index in [1.54, 1.807) is 0 Å². The van der Waals surface area contributed by atoms with Crippen molar-refractivity contribution in [3.8, 4) is 11.1 Å². The number of aryl methyl sites for hydroxylation is 2. The molecule has 10 aromatic carbocycles. The number of epoxide rings is 2. The molecular formula is C78H74O2. The summed E-state index contributed by atoms with van der Waals surface area (Å²) in [6.45, 7) is 4.42. The first-order valence-corrected chi connectivity index (χ1v) is 30.1. The lowest BCUT2D eigenvalue weighted by atomic mass is 9.84. The van der Waals surface area contributed by atoms with Gasteiger partial charge in [0.25, 0.3) is 0 Å². The maximum absolute atomic E-state index is 5.78. The first-order valence-electron chi connectivity index (χ1n) is 30.1. The van der Waals surface area contributed by atoms with Crippen LogP contribution >= 0.6 is 0 Å². The lowest BCUT2D eigenvalue weighted by Crippen LogP contribution is -2.15. The van der Waals surface area contributed by atoms with Crippen molar-refractivity contribution in [2.24, 2.45) is 11.8 Å². The predicted octanol–water partition coefficient (Wildman–Crippen LogP) is 18.0. The van der Waals surface area contributed by atoms with Crippen LogP contribution in [0.4, 0.5) is 0 Å². The summed E-state index contributed by atoms with van der Waals surface area (Å²) in [5, 5.41) is 5.21. The molecule has 6 atom stereocenters. The molecule has 2 heterocycles. The number of ether oxygens (including phenoxy) is 2. The highest BCUT2D eigenvalue weighted by molar-refractivity contribution is 6.07. The quantitative estimate of drug-likeness (QED) is 0.0849. The first-order chi connectivity index (χ1) is 39.3. The van der Waals surface area contributed by atoms with Crippen molar-refractivity contribution in [3.63, 3.8) is 0 Å². The molecule has 0 N–H and O–H groups in total. The van der Waals surface area contributed by atoms with E-state index in [9.17, 15) is 0 Å².